The molecule has 14 heavy (non-hydrogen) atoms. The van der Waals surface area contributed by atoms with Gasteiger partial charge in [0.2, 0.25) is 0 Å². The zero-order chi connectivity index (χ0) is 11.0. The highest BCUT2D eigenvalue weighted by Gasteiger charge is 2.06. The van der Waals surface area contributed by atoms with Crippen LogP contribution in [0.25, 0.3) is 0 Å². The summed E-state index contributed by atoms with van der Waals surface area (Å²) in [5.41, 5.74) is 0. The molecule has 0 rings (SSSR count). The lowest BCUT2D eigenvalue weighted by molar-refractivity contribution is -0.131. The molecule has 4 nitrogen and oxygen atoms in total. The minimum absolute atomic E-state index is 0.321. The summed E-state index contributed by atoms with van der Waals surface area (Å²) in [6.07, 6.45) is 3.19. The predicted molar refractivity (Wildman–Crippen MR) is 53.7 cm³/mol. The van der Waals surface area contributed by atoms with Gasteiger partial charge in [-0.1, -0.05) is 6.08 Å². The molecule has 0 aliphatic rings. The van der Waals surface area contributed by atoms with E-state index in [0.717, 1.165) is 6.08 Å². The molecular formula is C10H16N2O2. The fraction of sp³-hybridized carbons (Fsp3) is 0.600. The molecule has 0 aliphatic carbocycles. The fourth-order valence-electron chi connectivity index (χ4n) is 1.04. The standard InChI is InChI=1S/C10H16N2O2/c1-9(2)12(8-4-6-11)7-3-5-10(13)14/h3,5,9H,4,7-8H2,1-2H3,(H,13,14). The van der Waals surface area contributed by atoms with Gasteiger partial charge in [0.1, 0.15) is 0 Å². The second kappa shape index (κ2) is 7.10. The highest BCUT2D eigenvalue weighted by atomic mass is 16.4. The Balaban J connectivity index is 3.98. The van der Waals surface area contributed by atoms with Crippen molar-refractivity contribution in [1.82, 2.24) is 4.90 Å². The molecule has 0 aliphatic heterocycles. The number of nitrogens with zero attached hydrogens (tertiary/aromatic N) is 2. The maximum Gasteiger partial charge on any atom is 0.328 e. The Labute approximate surface area is 84.4 Å². The summed E-state index contributed by atoms with van der Waals surface area (Å²) in [5, 5.41) is 16.8. The molecule has 0 heterocycles. The maximum atomic E-state index is 10.2. The zero-order valence-corrected chi connectivity index (χ0v) is 8.60. The molecule has 0 radical (unpaired) electrons. The number of hydrogen-bond acceptors (Lipinski definition) is 3. The largest absolute Gasteiger partial charge is 0.478 e. The Morgan fingerprint density at radius 1 is 1.64 bits per heavy atom. The van der Waals surface area contributed by atoms with Gasteiger partial charge in [-0.2, -0.15) is 5.26 Å². The van der Waals surface area contributed by atoms with Crippen LogP contribution in [0, 0.1) is 11.3 Å². The second-order valence-corrected chi connectivity index (χ2v) is 3.24. The number of aliphatic carboxylic acids is 1. The topological polar surface area (TPSA) is 64.3 Å². The molecule has 0 fully saturated rings. The molecule has 0 spiro atoms. The van der Waals surface area contributed by atoms with E-state index in [0.29, 0.717) is 25.6 Å². The summed E-state index contributed by atoms with van der Waals surface area (Å²) in [7, 11) is 0. The van der Waals surface area contributed by atoms with Gasteiger partial charge in [0.15, 0.2) is 0 Å². The monoisotopic (exact) mass is 196 g/mol. The quantitative estimate of drug-likeness (QED) is 0.649. The van der Waals surface area contributed by atoms with Crippen LogP contribution in [0.1, 0.15) is 20.3 Å². The van der Waals surface area contributed by atoms with E-state index in [2.05, 4.69) is 6.07 Å². The van der Waals surface area contributed by atoms with Gasteiger partial charge in [0.25, 0.3) is 0 Å². The molecule has 0 amide bonds. The molecule has 0 aromatic carbocycles. The summed E-state index contributed by atoms with van der Waals surface area (Å²) >= 11 is 0. The van der Waals surface area contributed by atoms with Crippen molar-refractivity contribution in [3.8, 4) is 6.07 Å². The van der Waals surface area contributed by atoms with Crippen LogP contribution in [-0.4, -0.2) is 35.1 Å². The van der Waals surface area contributed by atoms with E-state index in [9.17, 15) is 4.79 Å². The number of carboxylic acid groups (broad SMARTS) is 1. The molecule has 0 saturated heterocycles. The van der Waals surface area contributed by atoms with Gasteiger partial charge >= 0.3 is 5.97 Å². The first kappa shape index (κ1) is 12.7. The van der Waals surface area contributed by atoms with Crippen molar-refractivity contribution in [1.29, 1.82) is 5.26 Å². The maximum absolute atomic E-state index is 10.2. The van der Waals surface area contributed by atoms with Crippen molar-refractivity contribution in [3.05, 3.63) is 12.2 Å². The lowest BCUT2D eigenvalue weighted by Gasteiger charge is -2.23. The minimum atomic E-state index is -0.936. The molecule has 4 heteroatoms. The van der Waals surface area contributed by atoms with Crippen molar-refractivity contribution in [2.45, 2.75) is 26.3 Å². The van der Waals surface area contributed by atoms with Crippen LogP contribution in [0.2, 0.25) is 0 Å². The van der Waals surface area contributed by atoms with Gasteiger partial charge in [0.05, 0.1) is 6.07 Å². The van der Waals surface area contributed by atoms with Crippen molar-refractivity contribution in [2.24, 2.45) is 0 Å². The molecule has 0 unspecified atom stereocenters. The normalized spacial score (nSPS) is 11.1. The number of hydrogen-bond donors (Lipinski definition) is 1. The molecule has 0 aromatic rings. The van der Waals surface area contributed by atoms with Gasteiger partial charge in [0, 0.05) is 31.6 Å². The summed E-state index contributed by atoms with van der Waals surface area (Å²) < 4.78 is 0. The van der Waals surface area contributed by atoms with Gasteiger partial charge in [-0.25, -0.2) is 4.79 Å². The van der Waals surface area contributed by atoms with Crippen LogP contribution in [0.4, 0.5) is 0 Å². The molecular weight excluding hydrogens is 180 g/mol. The van der Waals surface area contributed by atoms with E-state index in [1.807, 2.05) is 18.7 Å². The fourth-order valence-corrected chi connectivity index (χ4v) is 1.04. The van der Waals surface area contributed by atoms with Crippen molar-refractivity contribution < 1.29 is 9.90 Å². The molecule has 1 N–H and O–H groups in total. The average Bonchev–Trinajstić information content (AvgIpc) is 2.09. The van der Waals surface area contributed by atoms with E-state index in [1.54, 1.807) is 6.08 Å². The van der Waals surface area contributed by atoms with Gasteiger partial charge in [-0.3, -0.25) is 4.90 Å². The number of nitriles is 1. The lowest BCUT2D eigenvalue weighted by atomic mass is 10.3. The second-order valence-electron chi connectivity index (χ2n) is 3.24. The summed E-state index contributed by atoms with van der Waals surface area (Å²) in [4.78, 5) is 12.3. The van der Waals surface area contributed by atoms with Crippen molar-refractivity contribution >= 4 is 5.97 Å². The number of carbonyl (C=O) groups is 1. The first-order valence-electron chi connectivity index (χ1n) is 4.58. The van der Waals surface area contributed by atoms with Crippen LogP contribution in [0.3, 0.4) is 0 Å². The smallest absolute Gasteiger partial charge is 0.328 e. The summed E-state index contributed by atoms with van der Waals surface area (Å²) in [6, 6.07) is 2.39. The van der Waals surface area contributed by atoms with Crippen molar-refractivity contribution in [2.75, 3.05) is 13.1 Å². The van der Waals surface area contributed by atoms with Crippen LogP contribution in [0.5, 0.6) is 0 Å². The Bertz CT molecular complexity index is 241. The molecule has 78 valence electrons. The third-order valence-corrected chi connectivity index (χ3v) is 1.84. The van der Waals surface area contributed by atoms with Crippen LogP contribution < -0.4 is 0 Å². The van der Waals surface area contributed by atoms with Crippen molar-refractivity contribution in [3.63, 3.8) is 0 Å². The molecule has 0 aromatic heterocycles. The highest BCUT2D eigenvalue weighted by molar-refractivity contribution is 5.79. The average molecular weight is 196 g/mol. The van der Waals surface area contributed by atoms with Crippen LogP contribution >= 0.6 is 0 Å². The van der Waals surface area contributed by atoms with E-state index < -0.39 is 5.97 Å². The molecule has 0 bridgehead atoms. The number of carboxylic acids is 1. The first-order chi connectivity index (χ1) is 6.57. The van der Waals surface area contributed by atoms with Gasteiger partial charge < -0.3 is 5.11 Å². The van der Waals surface area contributed by atoms with Gasteiger partial charge in [-0.15, -0.1) is 0 Å². The van der Waals surface area contributed by atoms with E-state index in [4.69, 9.17) is 10.4 Å². The SMILES string of the molecule is CC(C)N(CC=CC(=O)O)CCC#N. The first-order valence-corrected chi connectivity index (χ1v) is 4.58. The van der Waals surface area contributed by atoms with Crippen LogP contribution in [-0.2, 0) is 4.79 Å². The lowest BCUT2D eigenvalue weighted by Crippen LogP contribution is -2.31. The van der Waals surface area contributed by atoms with E-state index in [1.165, 1.54) is 0 Å². The summed E-state index contributed by atoms with van der Waals surface area (Å²) in [5.74, 6) is -0.936. The predicted octanol–water partition coefficient (Wildman–Crippen LogP) is 1.25. The van der Waals surface area contributed by atoms with E-state index in [-0.39, 0.29) is 0 Å². The third kappa shape index (κ3) is 6.21. The third-order valence-electron chi connectivity index (χ3n) is 1.84. The summed E-state index contributed by atoms with van der Waals surface area (Å²) in [6.45, 7) is 5.29. The zero-order valence-electron chi connectivity index (χ0n) is 8.60. The highest BCUT2D eigenvalue weighted by Crippen LogP contribution is 1.99. The Hall–Kier alpha value is -1.34. The van der Waals surface area contributed by atoms with Crippen LogP contribution in [0.15, 0.2) is 12.2 Å². The minimum Gasteiger partial charge on any atom is -0.478 e. The number of rotatable bonds is 6. The molecule has 0 saturated carbocycles. The Morgan fingerprint density at radius 3 is 2.71 bits per heavy atom. The van der Waals surface area contributed by atoms with Gasteiger partial charge in [-0.05, 0) is 13.8 Å². The molecule has 0 atom stereocenters. The Kier molecular flexibility index (Phi) is 6.42. The van der Waals surface area contributed by atoms with E-state index >= 15 is 0 Å². The Morgan fingerprint density at radius 2 is 2.29 bits per heavy atom.